The van der Waals surface area contributed by atoms with Gasteiger partial charge in [0.2, 0.25) is 6.41 Å². The molecule has 10 atom stereocenters. The van der Waals surface area contributed by atoms with E-state index in [1.807, 2.05) is 30.3 Å². The molecule has 258 valence electrons. The van der Waals surface area contributed by atoms with Gasteiger partial charge >= 0.3 is 5.97 Å². The number of H-pyrrole nitrogens is 1. The van der Waals surface area contributed by atoms with Crippen LogP contribution in [0.3, 0.4) is 0 Å². The number of fused-ring (bicyclic) bond motifs is 6. The molecule has 2 bridgehead atoms. The molecule has 5 aliphatic heterocycles. The third kappa shape index (κ3) is 4.08. The van der Waals surface area contributed by atoms with Crippen molar-refractivity contribution in [1.29, 1.82) is 0 Å². The molecule has 2 saturated heterocycles. The van der Waals surface area contributed by atoms with E-state index in [1.165, 1.54) is 7.11 Å². The van der Waals surface area contributed by atoms with Gasteiger partial charge in [0, 0.05) is 71.8 Å². The highest BCUT2D eigenvalue weighted by atomic mass is 16.5. The highest BCUT2D eigenvalue weighted by Crippen LogP contribution is 2.62. The number of hydrogen-bond acceptors (Lipinski definition) is 9. The predicted octanol–water partition coefficient (Wildman–Crippen LogP) is 1.84. The molecule has 11 nitrogen and oxygen atoms in total. The van der Waals surface area contributed by atoms with Crippen LogP contribution in [0.2, 0.25) is 0 Å². The predicted molar refractivity (Wildman–Crippen MR) is 182 cm³/mol. The maximum Gasteiger partial charge on any atom is 0.322 e. The van der Waals surface area contributed by atoms with Gasteiger partial charge in [0.05, 0.1) is 38.2 Å². The van der Waals surface area contributed by atoms with E-state index in [-0.39, 0.29) is 17.9 Å². The number of esters is 1. The van der Waals surface area contributed by atoms with Crippen molar-refractivity contribution < 1.29 is 34.4 Å². The SMILES string of the molecule is COC(=O)[C@]1(c2cc3c(cc2OC)N(C=O)C2C(O)C(O)C4C=CCN5CC[C@]32C45)CC2CC(O)CN(CCc3c1[nH]c1ccccc31)C2. The standard InChI is InChI=1S/C38H44N4O7/c1-48-30-16-29-26(37-10-13-41-11-5-7-25(34(37)41)31(45)32(46)35(37)42(29)20-43)15-27(30)38(36(47)49-2)17-21-14-22(44)19-40(18-21)12-9-24-23-6-3-4-8-28(23)39-33(24)38/h3-8,15-16,20-22,25,31-32,34-35,39,44-46H,9-14,17-19H2,1-2H3/t21?,22?,25?,31?,32?,34?,35?,37-,38+/m1/s1. The second kappa shape index (κ2) is 11.1. The van der Waals surface area contributed by atoms with Gasteiger partial charge in [0.1, 0.15) is 17.3 Å². The molecule has 1 saturated carbocycles. The number of nitrogens with one attached hydrogen (secondary N) is 1. The van der Waals surface area contributed by atoms with Gasteiger partial charge in [-0.1, -0.05) is 30.4 Å². The topological polar surface area (TPSA) is 139 Å². The van der Waals surface area contributed by atoms with Gasteiger partial charge in [-0.05, 0) is 61.4 Å². The lowest BCUT2D eigenvalue weighted by atomic mass is 9.58. The molecule has 1 aromatic heterocycles. The molecular weight excluding hydrogens is 624 g/mol. The number of aromatic nitrogens is 1. The fourth-order valence-electron chi connectivity index (χ4n) is 11.3. The lowest BCUT2D eigenvalue weighted by Crippen LogP contribution is -2.69. The zero-order valence-corrected chi connectivity index (χ0v) is 27.9. The van der Waals surface area contributed by atoms with Gasteiger partial charge in [0.15, 0.2) is 0 Å². The number of carbonyl (C=O) groups is 2. The smallest absolute Gasteiger partial charge is 0.322 e. The summed E-state index contributed by atoms with van der Waals surface area (Å²) in [5.41, 5.74) is 2.85. The van der Waals surface area contributed by atoms with E-state index in [4.69, 9.17) is 9.47 Å². The summed E-state index contributed by atoms with van der Waals surface area (Å²) >= 11 is 0. The number of nitrogens with zero attached hydrogens (tertiary/aromatic N) is 3. The summed E-state index contributed by atoms with van der Waals surface area (Å²) in [4.78, 5) is 37.8. The minimum atomic E-state index is -1.35. The molecule has 3 fully saturated rings. The minimum Gasteiger partial charge on any atom is -0.496 e. The molecule has 4 N–H and O–H groups in total. The van der Waals surface area contributed by atoms with Crippen molar-refractivity contribution in [2.24, 2.45) is 11.8 Å². The molecule has 8 unspecified atom stereocenters. The van der Waals surface area contributed by atoms with Crippen LogP contribution < -0.4 is 9.64 Å². The van der Waals surface area contributed by atoms with Crippen LogP contribution in [0.1, 0.15) is 41.6 Å². The average Bonchev–Trinajstić information content (AvgIpc) is 3.78. The number of hydrogen-bond donors (Lipinski definition) is 4. The van der Waals surface area contributed by atoms with Crippen molar-refractivity contribution in [1.82, 2.24) is 14.8 Å². The number of para-hydroxylation sites is 1. The summed E-state index contributed by atoms with van der Waals surface area (Å²) < 4.78 is 12.0. The molecule has 11 heteroatoms. The zero-order valence-electron chi connectivity index (χ0n) is 27.9. The van der Waals surface area contributed by atoms with Gasteiger partial charge in [-0.2, -0.15) is 0 Å². The van der Waals surface area contributed by atoms with Gasteiger partial charge in [-0.3, -0.25) is 14.5 Å². The number of aromatic amines is 1. The number of aliphatic hydroxyl groups is 3. The maximum atomic E-state index is 14.9. The number of benzene rings is 2. The molecule has 1 spiro atoms. The molecule has 9 rings (SSSR count). The first-order valence-corrected chi connectivity index (χ1v) is 17.6. The monoisotopic (exact) mass is 668 g/mol. The molecule has 1 aliphatic carbocycles. The average molecular weight is 669 g/mol. The molecule has 1 amide bonds. The van der Waals surface area contributed by atoms with Gasteiger partial charge in [-0.15, -0.1) is 0 Å². The van der Waals surface area contributed by atoms with Crippen LogP contribution in [0.5, 0.6) is 5.75 Å². The van der Waals surface area contributed by atoms with Crippen molar-refractivity contribution in [3.8, 4) is 5.75 Å². The molecular formula is C38H44N4O7. The van der Waals surface area contributed by atoms with E-state index in [1.54, 1.807) is 12.0 Å². The quantitative estimate of drug-likeness (QED) is 0.187. The molecule has 3 aromatic rings. The number of rotatable bonds is 4. The molecule has 6 heterocycles. The Bertz CT molecular complexity index is 1880. The van der Waals surface area contributed by atoms with Crippen molar-refractivity contribution in [2.75, 3.05) is 51.8 Å². The number of anilines is 1. The summed E-state index contributed by atoms with van der Waals surface area (Å²) in [5.74, 6) is -0.330. The van der Waals surface area contributed by atoms with Crippen LogP contribution >= 0.6 is 0 Å². The Hall–Kier alpha value is -3.74. The molecule has 0 radical (unpaired) electrons. The summed E-state index contributed by atoms with van der Waals surface area (Å²) in [6.07, 6.45) is 4.40. The fourth-order valence-corrected chi connectivity index (χ4v) is 11.3. The molecule has 6 aliphatic rings. The van der Waals surface area contributed by atoms with Gasteiger partial charge in [-0.25, -0.2) is 0 Å². The van der Waals surface area contributed by atoms with Crippen LogP contribution in [-0.4, -0.2) is 120 Å². The van der Waals surface area contributed by atoms with Crippen LogP contribution in [0.15, 0.2) is 48.6 Å². The zero-order chi connectivity index (χ0) is 33.8. The first-order chi connectivity index (χ1) is 23.8. The number of carbonyl (C=O) groups excluding carboxylic acids is 2. The Labute approximate surface area is 285 Å². The van der Waals surface area contributed by atoms with Crippen LogP contribution in [0, 0.1) is 11.8 Å². The fraction of sp³-hybridized carbons (Fsp3) is 0.526. The Morgan fingerprint density at radius 1 is 1.04 bits per heavy atom. The van der Waals surface area contributed by atoms with E-state index in [9.17, 15) is 24.9 Å². The van der Waals surface area contributed by atoms with Crippen molar-refractivity contribution in [3.63, 3.8) is 0 Å². The van der Waals surface area contributed by atoms with Crippen LogP contribution in [0.4, 0.5) is 5.69 Å². The van der Waals surface area contributed by atoms with Crippen molar-refractivity contribution in [2.45, 2.75) is 66.9 Å². The second-order valence-corrected chi connectivity index (χ2v) is 15.1. The molecule has 2 aromatic carbocycles. The molecule has 49 heavy (non-hydrogen) atoms. The Kier molecular flexibility index (Phi) is 7.10. The van der Waals surface area contributed by atoms with Gasteiger partial charge < -0.3 is 39.6 Å². The summed E-state index contributed by atoms with van der Waals surface area (Å²) in [6.45, 7) is 3.55. The van der Waals surface area contributed by atoms with Gasteiger partial charge in [0.25, 0.3) is 0 Å². The third-order valence-corrected chi connectivity index (χ3v) is 13.0. The first-order valence-electron chi connectivity index (χ1n) is 17.6. The Balaban J connectivity index is 1.35. The van der Waals surface area contributed by atoms with E-state index in [0.717, 1.165) is 60.3 Å². The van der Waals surface area contributed by atoms with E-state index >= 15 is 0 Å². The number of methoxy groups -OCH3 is 2. The van der Waals surface area contributed by atoms with E-state index < -0.39 is 41.2 Å². The third-order valence-electron chi connectivity index (χ3n) is 13.0. The van der Waals surface area contributed by atoms with Crippen LogP contribution in [-0.2, 0) is 31.6 Å². The number of amides is 1. The lowest BCUT2D eigenvalue weighted by Gasteiger charge is -2.53. The number of piperidine rings is 1. The highest BCUT2D eigenvalue weighted by Gasteiger charge is 2.69. The number of aliphatic hydroxyl groups excluding tert-OH is 3. The second-order valence-electron chi connectivity index (χ2n) is 15.1. The van der Waals surface area contributed by atoms with Crippen LogP contribution in [0.25, 0.3) is 10.9 Å². The van der Waals surface area contributed by atoms with Crippen molar-refractivity contribution in [3.05, 3.63) is 70.9 Å². The summed E-state index contributed by atoms with van der Waals surface area (Å²) in [6, 6.07) is 11.2. The lowest BCUT2D eigenvalue weighted by molar-refractivity contribution is -0.147. The maximum absolute atomic E-state index is 14.9. The first kappa shape index (κ1) is 31.3. The van der Waals surface area contributed by atoms with Crippen molar-refractivity contribution >= 4 is 29.0 Å². The summed E-state index contributed by atoms with van der Waals surface area (Å²) in [7, 11) is 3.00. The highest BCUT2D eigenvalue weighted by molar-refractivity contribution is 5.95. The summed E-state index contributed by atoms with van der Waals surface area (Å²) in [5, 5.41) is 35.3. The number of ether oxygens (including phenoxy) is 2. The Morgan fingerprint density at radius 2 is 1.88 bits per heavy atom. The normalized spacial score (nSPS) is 37.7. The Morgan fingerprint density at radius 3 is 2.67 bits per heavy atom. The largest absolute Gasteiger partial charge is 0.496 e. The van der Waals surface area contributed by atoms with E-state index in [2.05, 4.69) is 33.0 Å². The van der Waals surface area contributed by atoms with E-state index in [0.29, 0.717) is 49.2 Å². The minimum absolute atomic E-state index is 0.0305.